The second-order valence-corrected chi connectivity index (χ2v) is 7.19. The fourth-order valence-electron chi connectivity index (χ4n) is 2.08. The molecule has 0 aliphatic rings. The summed E-state index contributed by atoms with van der Waals surface area (Å²) < 4.78 is 0. The van der Waals surface area contributed by atoms with Crippen molar-refractivity contribution in [2.75, 3.05) is 0 Å². The van der Waals surface area contributed by atoms with E-state index >= 15 is 0 Å². The Balaban J connectivity index is 0.000000471. The molecule has 2 N–H and O–H groups in total. The van der Waals surface area contributed by atoms with E-state index in [2.05, 4.69) is 16.0 Å². The number of aliphatic hydroxyl groups excluding tert-OH is 2. The minimum atomic E-state index is -0.410. The van der Waals surface area contributed by atoms with Crippen molar-refractivity contribution in [3.05, 3.63) is 47.9 Å². The van der Waals surface area contributed by atoms with Gasteiger partial charge in [0.15, 0.2) is 0 Å². The molecule has 4 nitrogen and oxygen atoms in total. The van der Waals surface area contributed by atoms with Gasteiger partial charge in [0, 0.05) is 37.7 Å². The molecule has 141 valence electrons. The second kappa shape index (κ2) is 10.8. The Morgan fingerprint density at radius 2 is 1.80 bits per heavy atom. The van der Waals surface area contributed by atoms with Crippen molar-refractivity contribution >= 4 is 0 Å². The Labute approximate surface area is 165 Å². The molecule has 0 amide bonds. The van der Waals surface area contributed by atoms with Crippen LogP contribution in [0.1, 0.15) is 45.5 Å². The zero-order valence-corrected chi connectivity index (χ0v) is 18.3. The largest absolute Gasteiger partial charge is 0.393 e. The van der Waals surface area contributed by atoms with Crippen molar-refractivity contribution in [3.8, 4) is 11.3 Å². The number of aromatic nitrogens is 2. The summed E-state index contributed by atoms with van der Waals surface area (Å²) in [6, 6.07) is 10.9. The zero-order chi connectivity index (χ0) is 18.3. The smallest absolute Gasteiger partial charge is 0.0613 e. The maximum atomic E-state index is 9.40. The average Bonchev–Trinajstić information content (AvgIpc) is 2.47. The molecular formula is C20H29IrN2O2-. The zero-order valence-electron chi connectivity index (χ0n) is 15.9. The standard InChI is InChI=1S/C12H11N2.C8H18O2.Ir/c1-9-8-13-12(10(2)14-9)11-6-4-3-5-7-11;1-6(9)5-7(10)8(2,3)4;/h3-6,8H,1-2H3;6-7,9-10H,5H2,1-4H3;/q-1;;. The van der Waals surface area contributed by atoms with Crippen LogP contribution in [0, 0.1) is 25.3 Å². The average molecular weight is 522 g/mol. The summed E-state index contributed by atoms with van der Waals surface area (Å²) in [5, 5.41) is 18.3. The third-order valence-corrected chi connectivity index (χ3v) is 3.60. The first-order valence-corrected chi connectivity index (χ1v) is 8.24. The second-order valence-electron chi connectivity index (χ2n) is 7.19. The molecule has 1 aromatic carbocycles. The van der Waals surface area contributed by atoms with Gasteiger partial charge in [-0.15, -0.1) is 35.9 Å². The van der Waals surface area contributed by atoms with Crippen molar-refractivity contribution in [2.24, 2.45) is 5.41 Å². The van der Waals surface area contributed by atoms with E-state index in [1.54, 1.807) is 13.1 Å². The molecule has 0 bridgehead atoms. The molecule has 25 heavy (non-hydrogen) atoms. The minimum Gasteiger partial charge on any atom is -0.393 e. The molecule has 2 rings (SSSR count). The van der Waals surface area contributed by atoms with E-state index in [1.807, 2.05) is 58.9 Å². The van der Waals surface area contributed by atoms with Crippen LogP contribution in [-0.2, 0) is 20.1 Å². The topological polar surface area (TPSA) is 66.2 Å². The van der Waals surface area contributed by atoms with E-state index in [0.29, 0.717) is 6.42 Å². The van der Waals surface area contributed by atoms with Gasteiger partial charge >= 0.3 is 0 Å². The quantitative estimate of drug-likeness (QED) is 0.605. The van der Waals surface area contributed by atoms with Crippen LogP contribution in [0.25, 0.3) is 11.3 Å². The molecule has 0 aliphatic carbocycles. The summed E-state index contributed by atoms with van der Waals surface area (Å²) in [4.78, 5) is 8.72. The van der Waals surface area contributed by atoms with E-state index in [-0.39, 0.29) is 25.5 Å². The van der Waals surface area contributed by atoms with Crippen molar-refractivity contribution in [2.45, 2.75) is 60.2 Å². The minimum absolute atomic E-state index is 0. The van der Waals surface area contributed by atoms with Gasteiger partial charge < -0.3 is 15.2 Å². The third kappa shape index (κ3) is 8.68. The first kappa shape index (κ1) is 23.9. The van der Waals surface area contributed by atoms with Gasteiger partial charge in [-0.25, -0.2) is 0 Å². The van der Waals surface area contributed by atoms with Gasteiger partial charge in [-0.3, -0.25) is 4.98 Å². The third-order valence-electron chi connectivity index (χ3n) is 3.60. The number of aliphatic hydroxyl groups is 2. The molecule has 1 aromatic heterocycles. The molecule has 2 aromatic rings. The van der Waals surface area contributed by atoms with Crippen molar-refractivity contribution in [3.63, 3.8) is 0 Å². The molecule has 0 saturated heterocycles. The van der Waals surface area contributed by atoms with Crippen LogP contribution in [0.5, 0.6) is 0 Å². The van der Waals surface area contributed by atoms with E-state index < -0.39 is 12.2 Å². The molecule has 2 unspecified atom stereocenters. The Morgan fingerprint density at radius 3 is 2.20 bits per heavy atom. The number of aryl methyl sites for hydroxylation is 2. The Morgan fingerprint density at radius 1 is 1.16 bits per heavy atom. The van der Waals surface area contributed by atoms with Gasteiger partial charge in [0.25, 0.3) is 0 Å². The molecule has 0 fully saturated rings. The van der Waals surface area contributed by atoms with Crippen LogP contribution >= 0.6 is 0 Å². The Hall–Kier alpha value is -1.13. The molecule has 1 heterocycles. The maximum Gasteiger partial charge on any atom is 0.0613 e. The fourth-order valence-corrected chi connectivity index (χ4v) is 2.08. The molecule has 0 spiro atoms. The molecule has 0 aliphatic heterocycles. The van der Waals surface area contributed by atoms with Crippen LogP contribution in [0.2, 0.25) is 0 Å². The van der Waals surface area contributed by atoms with Crippen molar-refractivity contribution < 1.29 is 30.3 Å². The molecule has 5 heteroatoms. The summed E-state index contributed by atoms with van der Waals surface area (Å²) in [5.74, 6) is 0. The van der Waals surface area contributed by atoms with Crippen LogP contribution in [0.15, 0.2) is 30.5 Å². The summed E-state index contributed by atoms with van der Waals surface area (Å²) in [6.45, 7) is 11.5. The predicted octanol–water partition coefficient (Wildman–Crippen LogP) is 3.72. The Kier molecular flexibility index (Phi) is 10.3. The van der Waals surface area contributed by atoms with E-state index in [0.717, 1.165) is 22.6 Å². The van der Waals surface area contributed by atoms with Gasteiger partial charge in [0.2, 0.25) is 0 Å². The first-order valence-electron chi connectivity index (χ1n) is 8.24. The monoisotopic (exact) mass is 522 g/mol. The van der Waals surface area contributed by atoms with E-state index in [1.165, 1.54) is 0 Å². The predicted molar refractivity (Wildman–Crippen MR) is 97.5 cm³/mol. The number of rotatable bonds is 3. The van der Waals surface area contributed by atoms with Gasteiger partial charge in [-0.2, -0.15) is 0 Å². The summed E-state index contributed by atoms with van der Waals surface area (Å²) in [5.41, 5.74) is 3.69. The molecular weight excluding hydrogens is 492 g/mol. The first-order chi connectivity index (χ1) is 11.1. The van der Waals surface area contributed by atoms with Gasteiger partial charge in [0.1, 0.15) is 0 Å². The van der Waals surface area contributed by atoms with Crippen molar-refractivity contribution in [1.29, 1.82) is 0 Å². The van der Waals surface area contributed by atoms with Gasteiger partial charge in [0.05, 0.1) is 17.9 Å². The number of hydrogen-bond acceptors (Lipinski definition) is 4. The van der Waals surface area contributed by atoms with Crippen LogP contribution in [0.3, 0.4) is 0 Å². The van der Waals surface area contributed by atoms with Crippen LogP contribution in [0.4, 0.5) is 0 Å². The number of nitrogens with zero attached hydrogens (tertiary/aromatic N) is 2. The number of benzene rings is 1. The maximum absolute atomic E-state index is 9.40. The fraction of sp³-hybridized carbons (Fsp3) is 0.500. The van der Waals surface area contributed by atoms with Crippen molar-refractivity contribution in [1.82, 2.24) is 9.97 Å². The summed E-state index contributed by atoms with van der Waals surface area (Å²) in [7, 11) is 0. The molecule has 1 radical (unpaired) electrons. The number of hydrogen-bond donors (Lipinski definition) is 2. The van der Waals surface area contributed by atoms with Crippen LogP contribution in [-0.4, -0.2) is 32.4 Å². The van der Waals surface area contributed by atoms with E-state index in [4.69, 9.17) is 5.11 Å². The van der Waals surface area contributed by atoms with Crippen LogP contribution < -0.4 is 0 Å². The van der Waals surface area contributed by atoms with Gasteiger partial charge in [-0.05, 0) is 32.6 Å². The summed E-state index contributed by atoms with van der Waals surface area (Å²) >= 11 is 0. The normalized spacial score (nSPS) is 13.1. The Bertz CT molecular complexity index is 625. The van der Waals surface area contributed by atoms with E-state index in [9.17, 15) is 5.11 Å². The summed E-state index contributed by atoms with van der Waals surface area (Å²) in [6.07, 6.45) is 1.42. The van der Waals surface area contributed by atoms with Gasteiger partial charge in [-0.1, -0.05) is 20.8 Å². The molecule has 2 atom stereocenters. The SMILES string of the molecule is CC(O)CC(O)C(C)(C)C.Cc1cnc(-c2[c-]cccc2)c(C)n1.[Ir]. The molecule has 0 saturated carbocycles.